The molecule has 2 aromatic heterocycles. The van der Waals surface area contributed by atoms with Crippen molar-refractivity contribution in [1.29, 1.82) is 0 Å². The number of hydrogen-bond acceptors (Lipinski definition) is 8. The average molecular weight is 361 g/mol. The summed E-state index contributed by atoms with van der Waals surface area (Å²) >= 11 is 1.74. The summed E-state index contributed by atoms with van der Waals surface area (Å²) in [6.45, 7) is 5.22. The number of oxazole rings is 1. The molecule has 4 rings (SSSR count). The summed E-state index contributed by atoms with van der Waals surface area (Å²) < 4.78 is 5.35. The summed E-state index contributed by atoms with van der Waals surface area (Å²) in [5.74, 6) is 1.45. The van der Waals surface area contributed by atoms with Crippen molar-refractivity contribution in [2.45, 2.75) is 38.6 Å². The van der Waals surface area contributed by atoms with Crippen molar-refractivity contribution >= 4 is 17.3 Å². The van der Waals surface area contributed by atoms with Crippen LogP contribution < -0.4 is 5.48 Å². The Hall–Kier alpha value is -1.90. The van der Waals surface area contributed by atoms with Crippen molar-refractivity contribution in [2.75, 3.05) is 20.1 Å². The number of aromatic nitrogens is 1. The molecule has 4 heterocycles. The Morgan fingerprint density at radius 1 is 1.36 bits per heavy atom. The van der Waals surface area contributed by atoms with Crippen LogP contribution in [0.3, 0.4) is 0 Å². The van der Waals surface area contributed by atoms with Crippen molar-refractivity contribution in [3.63, 3.8) is 0 Å². The minimum Gasteiger partial charge on any atom is -0.449 e. The molecule has 2 aliphatic rings. The molecule has 0 aliphatic carbocycles. The Balaban J connectivity index is 1.54. The first-order valence-corrected chi connectivity index (χ1v) is 9.41. The van der Waals surface area contributed by atoms with E-state index >= 15 is 0 Å². The maximum Gasteiger partial charge on any atom is 0.222 e. The maximum absolute atomic E-state index is 5.92. The van der Waals surface area contributed by atoms with E-state index in [1.54, 1.807) is 17.6 Å². The quantitative estimate of drug-likeness (QED) is 0.902. The number of guanidine groups is 1. The van der Waals surface area contributed by atoms with Crippen LogP contribution in [0.5, 0.6) is 0 Å². The number of piperidine rings is 1. The first kappa shape index (κ1) is 16.6. The van der Waals surface area contributed by atoms with Crippen molar-refractivity contribution in [1.82, 2.24) is 20.3 Å². The highest BCUT2D eigenvalue weighted by molar-refractivity contribution is 7.09. The van der Waals surface area contributed by atoms with Crippen molar-refractivity contribution in [3.05, 3.63) is 40.2 Å². The van der Waals surface area contributed by atoms with Gasteiger partial charge in [-0.1, -0.05) is 6.07 Å². The lowest BCUT2D eigenvalue weighted by Gasteiger charge is -2.33. The molecule has 0 aromatic carbocycles. The van der Waals surface area contributed by atoms with Crippen LogP contribution in [0, 0.1) is 6.92 Å². The van der Waals surface area contributed by atoms with Crippen molar-refractivity contribution < 1.29 is 9.25 Å². The molecular formula is C17H23N5O2S. The molecule has 1 N–H and O–H groups in total. The SMILES string of the molecule is Cc1nc(CN(Cc2cccs2)C2=NC3(CCN(C)CC3)ON2)co1. The predicted molar refractivity (Wildman–Crippen MR) is 95.9 cm³/mol. The lowest BCUT2D eigenvalue weighted by Crippen LogP contribution is -2.43. The number of aryl methyl sites for hydroxylation is 1. The Morgan fingerprint density at radius 3 is 2.88 bits per heavy atom. The highest BCUT2D eigenvalue weighted by atomic mass is 32.1. The minimum atomic E-state index is -0.435. The molecule has 134 valence electrons. The topological polar surface area (TPSA) is 66.1 Å². The number of hydrogen-bond donors (Lipinski definition) is 1. The highest BCUT2D eigenvalue weighted by Gasteiger charge is 2.40. The second kappa shape index (κ2) is 6.78. The van der Waals surface area contributed by atoms with Gasteiger partial charge in [0.25, 0.3) is 0 Å². The van der Waals surface area contributed by atoms with Gasteiger partial charge in [0.1, 0.15) is 6.26 Å². The number of thiophene rings is 1. The largest absolute Gasteiger partial charge is 0.449 e. The van der Waals surface area contributed by atoms with Gasteiger partial charge in [0.15, 0.2) is 11.6 Å². The fraction of sp³-hybridized carbons (Fsp3) is 0.529. The van der Waals surface area contributed by atoms with Gasteiger partial charge in [-0.15, -0.1) is 11.3 Å². The third-order valence-electron chi connectivity index (χ3n) is 4.66. The zero-order valence-electron chi connectivity index (χ0n) is 14.6. The maximum atomic E-state index is 5.92. The molecule has 1 spiro atoms. The van der Waals surface area contributed by atoms with E-state index in [4.69, 9.17) is 14.2 Å². The molecule has 2 aromatic rings. The van der Waals surface area contributed by atoms with Crippen molar-refractivity contribution in [2.24, 2.45) is 4.99 Å². The summed E-state index contributed by atoms with van der Waals surface area (Å²) in [7, 11) is 2.13. The smallest absolute Gasteiger partial charge is 0.222 e. The zero-order valence-corrected chi connectivity index (χ0v) is 15.4. The monoisotopic (exact) mass is 361 g/mol. The molecule has 8 heteroatoms. The van der Waals surface area contributed by atoms with Crippen LogP contribution in [0.15, 0.2) is 33.2 Å². The van der Waals surface area contributed by atoms with E-state index in [9.17, 15) is 0 Å². The molecule has 0 unspecified atom stereocenters. The zero-order chi connectivity index (χ0) is 17.3. The summed E-state index contributed by atoms with van der Waals surface area (Å²) in [5.41, 5.74) is 3.53. The molecule has 0 radical (unpaired) electrons. The van der Waals surface area contributed by atoms with E-state index in [0.717, 1.165) is 44.1 Å². The second-order valence-corrected chi connectivity index (χ2v) is 7.71. The number of rotatable bonds is 4. The summed E-state index contributed by atoms with van der Waals surface area (Å²) in [6, 6.07) is 4.20. The van der Waals surface area contributed by atoms with E-state index in [1.165, 1.54) is 4.88 Å². The lowest BCUT2D eigenvalue weighted by molar-refractivity contribution is -0.0875. The molecule has 2 aliphatic heterocycles. The van der Waals surface area contributed by atoms with E-state index in [2.05, 4.69) is 44.8 Å². The molecular weight excluding hydrogens is 338 g/mol. The number of likely N-dealkylation sites (tertiary alicyclic amines) is 1. The molecule has 25 heavy (non-hydrogen) atoms. The first-order valence-electron chi connectivity index (χ1n) is 8.53. The Morgan fingerprint density at radius 2 is 2.20 bits per heavy atom. The second-order valence-electron chi connectivity index (χ2n) is 6.68. The summed E-state index contributed by atoms with van der Waals surface area (Å²) in [4.78, 5) is 21.0. The Kier molecular flexibility index (Phi) is 4.49. The minimum absolute atomic E-state index is 0.435. The standard InChI is InChI=1S/C17H23N5O2S/c1-13-18-14(12-23-13)10-22(11-15-4-3-9-25-15)16-19-17(24-20-16)5-7-21(2)8-6-17/h3-4,9,12H,5-8,10-11H2,1-2H3,(H,19,20). The van der Waals surface area contributed by atoms with Gasteiger partial charge in [0.05, 0.1) is 18.8 Å². The Labute approximate surface area is 151 Å². The number of nitrogens with zero attached hydrogens (tertiary/aromatic N) is 4. The third-order valence-corrected chi connectivity index (χ3v) is 5.52. The molecule has 0 saturated carbocycles. The van der Waals surface area contributed by atoms with Gasteiger partial charge in [0, 0.05) is 37.7 Å². The van der Waals surface area contributed by atoms with Gasteiger partial charge >= 0.3 is 0 Å². The highest BCUT2D eigenvalue weighted by Crippen LogP contribution is 2.30. The molecule has 1 saturated heterocycles. The van der Waals surface area contributed by atoms with Crippen LogP contribution in [0.1, 0.15) is 29.3 Å². The normalized spacial score (nSPS) is 19.8. The van der Waals surface area contributed by atoms with E-state index in [1.807, 2.05) is 6.92 Å². The van der Waals surface area contributed by atoms with Gasteiger partial charge in [-0.2, -0.15) is 0 Å². The van der Waals surface area contributed by atoms with Gasteiger partial charge in [-0.25, -0.2) is 20.3 Å². The fourth-order valence-corrected chi connectivity index (χ4v) is 3.89. The van der Waals surface area contributed by atoms with Crippen LogP contribution in [-0.4, -0.2) is 46.6 Å². The Bertz CT molecular complexity index is 734. The van der Waals surface area contributed by atoms with Crippen LogP contribution in [0.25, 0.3) is 0 Å². The molecule has 0 amide bonds. The predicted octanol–water partition coefficient (Wildman–Crippen LogP) is 2.36. The van der Waals surface area contributed by atoms with Crippen LogP contribution in [-0.2, 0) is 17.9 Å². The van der Waals surface area contributed by atoms with E-state index in [-0.39, 0.29) is 0 Å². The number of hydroxylamine groups is 1. The summed E-state index contributed by atoms with van der Waals surface area (Å²) in [6.07, 6.45) is 3.50. The van der Waals surface area contributed by atoms with Crippen LogP contribution in [0.4, 0.5) is 0 Å². The fourth-order valence-electron chi connectivity index (χ4n) is 3.17. The average Bonchev–Trinajstić information content (AvgIpc) is 3.33. The first-order chi connectivity index (χ1) is 12.1. The van der Waals surface area contributed by atoms with E-state index in [0.29, 0.717) is 12.4 Å². The number of aliphatic imine (C=N–C) groups is 1. The van der Waals surface area contributed by atoms with Crippen LogP contribution >= 0.6 is 11.3 Å². The van der Waals surface area contributed by atoms with Gasteiger partial charge in [0.2, 0.25) is 5.96 Å². The van der Waals surface area contributed by atoms with Gasteiger partial charge < -0.3 is 14.2 Å². The van der Waals surface area contributed by atoms with Crippen LogP contribution in [0.2, 0.25) is 0 Å². The van der Waals surface area contributed by atoms with Crippen molar-refractivity contribution in [3.8, 4) is 0 Å². The van der Waals surface area contributed by atoms with Gasteiger partial charge in [-0.05, 0) is 18.5 Å². The lowest BCUT2D eigenvalue weighted by atomic mass is 10.0. The number of nitrogens with one attached hydrogen (secondary N) is 1. The molecule has 1 fully saturated rings. The van der Waals surface area contributed by atoms with E-state index < -0.39 is 5.72 Å². The third kappa shape index (κ3) is 3.70. The summed E-state index contributed by atoms with van der Waals surface area (Å²) in [5, 5.41) is 2.09. The molecule has 0 bridgehead atoms. The molecule has 0 atom stereocenters. The van der Waals surface area contributed by atoms with Gasteiger partial charge in [-0.3, -0.25) is 0 Å². The molecule has 7 nitrogen and oxygen atoms in total.